The SMILES string of the molecule is Nc1ccc(Oc2cccc(C(F)(F)F)c2)c2cccnc12. The first-order valence-corrected chi connectivity index (χ1v) is 6.43. The molecule has 112 valence electrons. The van der Waals surface area contributed by atoms with Crippen molar-refractivity contribution in [2.75, 3.05) is 5.73 Å². The molecule has 6 heteroatoms. The van der Waals surface area contributed by atoms with Gasteiger partial charge in [0, 0.05) is 11.6 Å². The summed E-state index contributed by atoms with van der Waals surface area (Å²) in [7, 11) is 0. The summed E-state index contributed by atoms with van der Waals surface area (Å²) < 4.78 is 43.8. The van der Waals surface area contributed by atoms with Crippen LogP contribution in [-0.2, 0) is 6.18 Å². The third-order valence-corrected chi connectivity index (χ3v) is 3.15. The molecule has 3 nitrogen and oxygen atoms in total. The highest BCUT2D eigenvalue weighted by atomic mass is 19.4. The van der Waals surface area contributed by atoms with Gasteiger partial charge in [0.1, 0.15) is 11.5 Å². The second kappa shape index (κ2) is 5.22. The maximum absolute atomic E-state index is 12.7. The molecule has 3 rings (SSSR count). The van der Waals surface area contributed by atoms with Crippen molar-refractivity contribution in [1.82, 2.24) is 4.98 Å². The molecule has 0 fully saturated rings. The van der Waals surface area contributed by atoms with Gasteiger partial charge in [0.15, 0.2) is 0 Å². The Morgan fingerprint density at radius 1 is 1.00 bits per heavy atom. The minimum Gasteiger partial charge on any atom is -0.457 e. The normalized spacial score (nSPS) is 11.6. The second-order valence-electron chi connectivity index (χ2n) is 4.68. The number of aromatic nitrogens is 1. The number of pyridine rings is 1. The van der Waals surface area contributed by atoms with E-state index < -0.39 is 11.7 Å². The number of rotatable bonds is 2. The zero-order valence-corrected chi connectivity index (χ0v) is 11.3. The van der Waals surface area contributed by atoms with E-state index in [9.17, 15) is 13.2 Å². The molecule has 0 bridgehead atoms. The van der Waals surface area contributed by atoms with E-state index in [1.165, 1.54) is 12.1 Å². The monoisotopic (exact) mass is 304 g/mol. The molecule has 1 heterocycles. The van der Waals surface area contributed by atoms with Gasteiger partial charge in [-0.25, -0.2) is 0 Å². The van der Waals surface area contributed by atoms with Crippen molar-refractivity contribution in [1.29, 1.82) is 0 Å². The third-order valence-electron chi connectivity index (χ3n) is 3.15. The van der Waals surface area contributed by atoms with E-state index in [0.717, 1.165) is 12.1 Å². The number of nitrogens with zero attached hydrogens (tertiary/aromatic N) is 1. The maximum atomic E-state index is 12.7. The predicted molar refractivity (Wildman–Crippen MR) is 77.7 cm³/mol. The molecule has 0 unspecified atom stereocenters. The second-order valence-corrected chi connectivity index (χ2v) is 4.68. The topological polar surface area (TPSA) is 48.1 Å². The van der Waals surface area contributed by atoms with E-state index in [2.05, 4.69) is 4.98 Å². The summed E-state index contributed by atoms with van der Waals surface area (Å²) in [6, 6.07) is 11.4. The van der Waals surface area contributed by atoms with Gasteiger partial charge >= 0.3 is 6.18 Å². The Morgan fingerprint density at radius 2 is 1.82 bits per heavy atom. The first kappa shape index (κ1) is 14.2. The van der Waals surface area contributed by atoms with E-state index >= 15 is 0 Å². The molecule has 0 aliphatic heterocycles. The van der Waals surface area contributed by atoms with Crippen LogP contribution in [-0.4, -0.2) is 4.98 Å². The lowest BCUT2D eigenvalue weighted by molar-refractivity contribution is -0.137. The van der Waals surface area contributed by atoms with Crippen LogP contribution in [0, 0.1) is 0 Å². The lowest BCUT2D eigenvalue weighted by Gasteiger charge is -2.12. The van der Waals surface area contributed by atoms with Crippen LogP contribution in [0.5, 0.6) is 11.5 Å². The Labute approximate surface area is 124 Å². The van der Waals surface area contributed by atoms with Crippen LogP contribution in [0.3, 0.4) is 0 Å². The van der Waals surface area contributed by atoms with Crippen LogP contribution in [0.2, 0.25) is 0 Å². The molecule has 0 amide bonds. The molecular weight excluding hydrogens is 293 g/mol. The Bertz CT molecular complexity index is 831. The minimum atomic E-state index is -4.41. The molecule has 0 radical (unpaired) electrons. The third kappa shape index (κ3) is 2.67. The highest BCUT2D eigenvalue weighted by molar-refractivity contribution is 5.93. The van der Waals surface area contributed by atoms with E-state index in [4.69, 9.17) is 10.5 Å². The summed E-state index contributed by atoms with van der Waals surface area (Å²) in [4.78, 5) is 4.15. The van der Waals surface area contributed by atoms with Gasteiger partial charge in [-0.1, -0.05) is 6.07 Å². The molecular formula is C16H11F3N2O. The van der Waals surface area contributed by atoms with Gasteiger partial charge in [0.2, 0.25) is 0 Å². The number of nitrogen functional groups attached to an aromatic ring is 1. The number of hydrogen-bond acceptors (Lipinski definition) is 3. The van der Waals surface area contributed by atoms with Crippen LogP contribution in [0.25, 0.3) is 10.9 Å². The smallest absolute Gasteiger partial charge is 0.416 e. The average Bonchev–Trinajstić information content (AvgIpc) is 2.50. The number of ether oxygens (including phenoxy) is 1. The summed E-state index contributed by atoms with van der Waals surface area (Å²) in [6.07, 6.45) is -2.82. The van der Waals surface area contributed by atoms with Crippen LogP contribution in [0.15, 0.2) is 54.7 Å². The molecule has 0 saturated carbocycles. The quantitative estimate of drug-likeness (QED) is 0.702. The summed E-state index contributed by atoms with van der Waals surface area (Å²) in [5.41, 5.74) is 6.10. The lowest BCUT2D eigenvalue weighted by atomic mass is 10.1. The highest BCUT2D eigenvalue weighted by Gasteiger charge is 2.30. The van der Waals surface area contributed by atoms with Gasteiger partial charge < -0.3 is 10.5 Å². The lowest BCUT2D eigenvalue weighted by Crippen LogP contribution is -2.04. The van der Waals surface area contributed by atoms with Crippen LogP contribution < -0.4 is 10.5 Å². The van der Waals surface area contributed by atoms with E-state index in [0.29, 0.717) is 22.3 Å². The summed E-state index contributed by atoms with van der Waals surface area (Å²) >= 11 is 0. The first-order chi connectivity index (χ1) is 10.4. The van der Waals surface area contributed by atoms with Gasteiger partial charge in [-0.05, 0) is 42.5 Å². The van der Waals surface area contributed by atoms with Crippen molar-refractivity contribution in [3.8, 4) is 11.5 Å². The average molecular weight is 304 g/mol. The van der Waals surface area contributed by atoms with Gasteiger partial charge in [-0.15, -0.1) is 0 Å². The van der Waals surface area contributed by atoms with Crippen molar-refractivity contribution in [3.63, 3.8) is 0 Å². The largest absolute Gasteiger partial charge is 0.457 e. The number of anilines is 1. The summed E-state index contributed by atoms with van der Waals surface area (Å²) in [5.74, 6) is 0.501. The molecule has 0 aliphatic carbocycles. The van der Waals surface area contributed by atoms with Crippen molar-refractivity contribution in [2.45, 2.75) is 6.18 Å². The number of alkyl halides is 3. The van der Waals surface area contributed by atoms with Crippen molar-refractivity contribution < 1.29 is 17.9 Å². The number of halogens is 3. The molecule has 0 atom stereocenters. The van der Waals surface area contributed by atoms with E-state index in [1.54, 1.807) is 30.5 Å². The maximum Gasteiger partial charge on any atom is 0.416 e. The van der Waals surface area contributed by atoms with Crippen LogP contribution in [0.1, 0.15) is 5.56 Å². The Balaban J connectivity index is 2.03. The fourth-order valence-corrected chi connectivity index (χ4v) is 2.12. The zero-order chi connectivity index (χ0) is 15.7. The highest BCUT2D eigenvalue weighted by Crippen LogP contribution is 2.35. The van der Waals surface area contributed by atoms with E-state index in [1.807, 2.05) is 0 Å². The minimum absolute atomic E-state index is 0.102. The van der Waals surface area contributed by atoms with Gasteiger partial charge in [0.25, 0.3) is 0 Å². The van der Waals surface area contributed by atoms with Crippen LogP contribution >= 0.6 is 0 Å². The predicted octanol–water partition coefficient (Wildman–Crippen LogP) is 4.63. The Morgan fingerprint density at radius 3 is 2.59 bits per heavy atom. The molecule has 0 saturated heterocycles. The first-order valence-electron chi connectivity index (χ1n) is 6.43. The molecule has 2 aromatic carbocycles. The number of fused-ring (bicyclic) bond motifs is 1. The fourth-order valence-electron chi connectivity index (χ4n) is 2.12. The Hall–Kier alpha value is -2.76. The summed E-state index contributed by atoms with van der Waals surface area (Å²) in [5, 5.41) is 0.639. The van der Waals surface area contributed by atoms with E-state index in [-0.39, 0.29) is 5.75 Å². The van der Waals surface area contributed by atoms with Crippen molar-refractivity contribution in [3.05, 3.63) is 60.3 Å². The summed E-state index contributed by atoms with van der Waals surface area (Å²) in [6.45, 7) is 0. The molecule has 0 spiro atoms. The fraction of sp³-hybridized carbons (Fsp3) is 0.0625. The number of nitrogens with two attached hydrogens (primary N) is 1. The number of hydrogen-bond donors (Lipinski definition) is 1. The molecule has 3 aromatic rings. The van der Waals surface area contributed by atoms with Crippen LogP contribution in [0.4, 0.5) is 18.9 Å². The molecule has 2 N–H and O–H groups in total. The van der Waals surface area contributed by atoms with Gasteiger partial charge in [0.05, 0.1) is 16.8 Å². The zero-order valence-electron chi connectivity index (χ0n) is 11.3. The molecule has 0 aliphatic rings. The number of benzene rings is 2. The van der Waals surface area contributed by atoms with Crippen molar-refractivity contribution in [2.24, 2.45) is 0 Å². The van der Waals surface area contributed by atoms with Gasteiger partial charge in [-0.3, -0.25) is 4.98 Å². The van der Waals surface area contributed by atoms with Crippen molar-refractivity contribution >= 4 is 16.6 Å². The molecule has 1 aromatic heterocycles. The Kier molecular flexibility index (Phi) is 3.36. The molecule has 22 heavy (non-hydrogen) atoms. The standard InChI is InChI=1S/C16H11F3N2O/c17-16(18,19)10-3-1-4-11(9-10)22-14-7-6-13(20)15-12(14)5-2-8-21-15/h1-9H,20H2. The van der Waals surface area contributed by atoms with Gasteiger partial charge in [-0.2, -0.15) is 13.2 Å².